The Hall–Kier alpha value is -1.83. The summed E-state index contributed by atoms with van der Waals surface area (Å²) >= 11 is 1.81. The van der Waals surface area contributed by atoms with Gasteiger partial charge in [-0.05, 0) is 43.0 Å². The monoisotopic (exact) mass is 428 g/mol. The van der Waals surface area contributed by atoms with Crippen LogP contribution in [0.2, 0.25) is 0 Å². The largest absolute Gasteiger partial charge is 0.494 e. The summed E-state index contributed by atoms with van der Waals surface area (Å²) < 4.78 is 17.7. The summed E-state index contributed by atoms with van der Waals surface area (Å²) in [6, 6.07) is 7.48. The molecule has 0 radical (unpaired) electrons. The van der Waals surface area contributed by atoms with Crippen LogP contribution in [0.5, 0.6) is 5.75 Å². The molecule has 5 rings (SSSR count). The summed E-state index contributed by atoms with van der Waals surface area (Å²) in [7, 11) is 0. The van der Waals surface area contributed by atoms with Crippen LogP contribution in [-0.2, 0) is 9.47 Å². The summed E-state index contributed by atoms with van der Waals surface area (Å²) in [5.74, 6) is 1.33. The number of nitrogens with zero attached hydrogens (tertiary/aromatic N) is 1. The smallest absolute Gasteiger partial charge is 0.338 e. The Kier molecular flexibility index (Phi) is 5.60. The van der Waals surface area contributed by atoms with Gasteiger partial charge in [-0.15, -0.1) is 11.8 Å². The van der Waals surface area contributed by atoms with E-state index in [4.69, 9.17) is 14.2 Å². The van der Waals surface area contributed by atoms with E-state index in [0.29, 0.717) is 35.3 Å². The Morgan fingerprint density at radius 3 is 2.97 bits per heavy atom. The number of carbonyl (C=O) groups excluding carboxylic acids is 1. The third-order valence-corrected chi connectivity index (χ3v) is 7.61. The van der Waals surface area contributed by atoms with Crippen LogP contribution in [0.15, 0.2) is 41.4 Å². The van der Waals surface area contributed by atoms with E-state index in [-0.39, 0.29) is 24.4 Å². The molecule has 1 saturated heterocycles. The van der Waals surface area contributed by atoms with Crippen molar-refractivity contribution in [2.75, 3.05) is 19.8 Å². The summed E-state index contributed by atoms with van der Waals surface area (Å²) in [6.07, 6.45) is 7.36. The fourth-order valence-corrected chi connectivity index (χ4v) is 6.23. The van der Waals surface area contributed by atoms with Crippen LogP contribution in [0.25, 0.3) is 0 Å². The van der Waals surface area contributed by atoms with Gasteiger partial charge in [0, 0.05) is 17.2 Å². The summed E-state index contributed by atoms with van der Waals surface area (Å²) in [4.78, 5) is 16.9. The third kappa shape index (κ3) is 3.67. The highest BCUT2D eigenvalue weighted by Gasteiger charge is 2.62. The maximum absolute atomic E-state index is 12.5. The molecular formula is C23H28N2O4S. The molecule has 3 bridgehead atoms. The molecular weight excluding hydrogens is 400 g/mol. The lowest BCUT2D eigenvalue weighted by atomic mass is 9.81. The number of esters is 1. The first-order valence-electron chi connectivity index (χ1n) is 10.9. The number of carbonyl (C=O) groups is 1. The zero-order valence-corrected chi connectivity index (χ0v) is 18.0. The molecule has 0 amide bonds. The van der Waals surface area contributed by atoms with Crippen molar-refractivity contribution in [1.82, 2.24) is 5.32 Å². The van der Waals surface area contributed by atoms with Crippen molar-refractivity contribution in [3.05, 3.63) is 42.0 Å². The van der Waals surface area contributed by atoms with Gasteiger partial charge in [0.25, 0.3) is 0 Å². The minimum absolute atomic E-state index is 0.202. The third-order valence-electron chi connectivity index (χ3n) is 6.55. The fraction of sp³-hybridized carbons (Fsp3) is 0.565. The first-order valence-corrected chi connectivity index (χ1v) is 11.8. The minimum atomic E-state index is -0.340. The molecule has 2 aliphatic carbocycles. The van der Waals surface area contributed by atoms with E-state index in [1.807, 2.05) is 29.4 Å². The average molecular weight is 429 g/mol. The number of rotatable bonds is 8. The molecule has 1 aromatic rings. The van der Waals surface area contributed by atoms with E-state index < -0.39 is 0 Å². The summed E-state index contributed by atoms with van der Waals surface area (Å²) in [6.45, 7) is 3.88. The summed E-state index contributed by atoms with van der Waals surface area (Å²) in [5.41, 5.74) is 2.24. The number of unbranched alkanes of at least 4 members (excludes halogenated alkanes) is 1. The lowest BCUT2D eigenvalue weighted by Crippen LogP contribution is -2.62. The number of hydrogen-bond acceptors (Lipinski definition) is 7. The molecule has 2 fully saturated rings. The van der Waals surface area contributed by atoms with E-state index in [1.165, 1.54) is 0 Å². The molecule has 2 aliphatic heterocycles. The van der Waals surface area contributed by atoms with Crippen molar-refractivity contribution in [2.24, 2.45) is 16.8 Å². The first kappa shape index (κ1) is 20.1. The number of fused-ring (bicyclic) bond motifs is 3. The molecule has 30 heavy (non-hydrogen) atoms. The SMILES string of the molecule is CCCCOc1ccc(C(=O)OCC2NC3C4C=CC(C4)(O2)C3C2CN=CS2)cc1. The van der Waals surface area contributed by atoms with E-state index in [0.717, 1.165) is 31.6 Å². The molecule has 2 heterocycles. The number of benzene rings is 1. The molecule has 7 heteroatoms. The number of hydrogen-bond donors (Lipinski definition) is 1. The second-order valence-electron chi connectivity index (χ2n) is 8.48. The van der Waals surface area contributed by atoms with Crippen molar-refractivity contribution in [1.29, 1.82) is 0 Å². The van der Waals surface area contributed by atoms with Gasteiger partial charge in [-0.3, -0.25) is 10.3 Å². The maximum atomic E-state index is 12.5. The topological polar surface area (TPSA) is 69.2 Å². The van der Waals surface area contributed by atoms with Gasteiger partial charge in [-0.25, -0.2) is 4.79 Å². The van der Waals surface area contributed by atoms with Crippen molar-refractivity contribution in [3.63, 3.8) is 0 Å². The van der Waals surface area contributed by atoms with Crippen LogP contribution < -0.4 is 10.1 Å². The van der Waals surface area contributed by atoms with Gasteiger partial charge in [0.05, 0.1) is 29.9 Å². The van der Waals surface area contributed by atoms with Gasteiger partial charge in [0.15, 0.2) is 0 Å². The van der Waals surface area contributed by atoms with E-state index in [1.54, 1.807) is 12.1 Å². The predicted molar refractivity (Wildman–Crippen MR) is 117 cm³/mol. The zero-order chi connectivity index (χ0) is 20.6. The lowest BCUT2D eigenvalue weighted by Gasteiger charge is -2.47. The standard InChI is InChI=1S/C23H28N2O4S/c1-2-3-10-27-17-6-4-15(5-7-17)22(26)28-13-19-25-21-16-8-9-23(11-16,29-19)20(21)18-12-24-14-30-18/h4-9,14,16,18-21,25H,2-3,10-13H2,1H3. The molecule has 1 saturated carbocycles. The van der Waals surface area contributed by atoms with Gasteiger partial charge >= 0.3 is 5.97 Å². The second kappa shape index (κ2) is 8.36. The van der Waals surface area contributed by atoms with E-state index in [9.17, 15) is 4.79 Å². The van der Waals surface area contributed by atoms with Crippen LogP contribution in [0, 0.1) is 11.8 Å². The zero-order valence-electron chi connectivity index (χ0n) is 17.2. The Labute approximate surface area is 181 Å². The minimum Gasteiger partial charge on any atom is -0.494 e. The molecule has 4 aliphatic rings. The van der Waals surface area contributed by atoms with E-state index >= 15 is 0 Å². The van der Waals surface area contributed by atoms with Crippen LogP contribution in [0.3, 0.4) is 0 Å². The summed E-state index contributed by atoms with van der Waals surface area (Å²) in [5, 5.41) is 4.06. The van der Waals surface area contributed by atoms with Crippen LogP contribution in [-0.4, -0.2) is 54.4 Å². The quantitative estimate of drug-likeness (QED) is 0.389. The molecule has 1 N–H and O–H groups in total. The van der Waals surface area contributed by atoms with Crippen molar-refractivity contribution in [3.8, 4) is 5.75 Å². The predicted octanol–water partition coefficient (Wildman–Crippen LogP) is 3.43. The van der Waals surface area contributed by atoms with Gasteiger partial charge < -0.3 is 14.2 Å². The normalized spacial score (nSPS) is 35.7. The number of aliphatic imine (C=N–C) groups is 1. The Bertz CT molecular complexity index is 834. The van der Waals surface area contributed by atoms with Gasteiger partial charge in [0.1, 0.15) is 18.6 Å². The molecule has 1 aromatic carbocycles. The van der Waals surface area contributed by atoms with Gasteiger partial charge in [-0.1, -0.05) is 25.5 Å². The van der Waals surface area contributed by atoms with E-state index in [2.05, 4.69) is 29.4 Å². The average Bonchev–Trinajstić information content (AvgIpc) is 3.46. The lowest BCUT2D eigenvalue weighted by molar-refractivity contribution is -0.147. The van der Waals surface area contributed by atoms with Crippen molar-refractivity contribution < 1.29 is 19.0 Å². The number of nitrogens with one attached hydrogen (secondary N) is 1. The van der Waals surface area contributed by atoms with Crippen LogP contribution in [0.4, 0.5) is 0 Å². The Balaban J connectivity index is 1.16. The molecule has 6 unspecified atom stereocenters. The number of thioether (sulfide) groups is 1. The Morgan fingerprint density at radius 2 is 2.23 bits per heavy atom. The van der Waals surface area contributed by atoms with Gasteiger partial charge in [0.2, 0.25) is 0 Å². The Morgan fingerprint density at radius 1 is 1.37 bits per heavy atom. The molecule has 6 nitrogen and oxygen atoms in total. The molecule has 0 aromatic heterocycles. The van der Waals surface area contributed by atoms with Crippen LogP contribution >= 0.6 is 11.8 Å². The highest BCUT2D eigenvalue weighted by Crippen LogP contribution is 2.55. The number of ether oxygens (including phenoxy) is 3. The first-order chi connectivity index (χ1) is 14.7. The van der Waals surface area contributed by atoms with Crippen molar-refractivity contribution >= 4 is 23.3 Å². The molecule has 6 atom stereocenters. The fourth-order valence-electron chi connectivity index (χ4n) is 5.16. The highest BCUT2D eigenvalue weighted by molar-refractivity contribution is 8.12. The van der Waals surface area contributed by atoms with Gasteiger partial charge in [-0.2, -0.15) is 0 Å². The maximum Gasteiger partial charge on any atom is 0.338 e. The van der Waals surface area contributed by atoms with Crippen LogP contribution in [0.1, 0.15) is 36.5 Å². The molecule has 1 spiro atoms. The highest BCUT2D eigenvalue weighted by atomic mass is 32.2. The van der Waals surface area contributed by atoms with Crippen molar-refractivity contribution in [2.45, 2.75) is 49.3 Å². The second-order valence-corrected chi connectivity index (χ2v) is 9.57. The molecule has 160 valence electrons.